The van der Waals surface area contributed by atoms with Gasteiger partial charge in [-0.1, -0.05) is 58.3 Å². The number of H-pyrrole nitrogens is 1. The zero-order chi connectivity index (χ0) is 28.1. The maximum atomic E-state index is 13.2. The van der Waals surface area contributed by atoms with Crippen LogP contribution in [-0.4, -0.2) is 57.6 Å². The fourth-order valence-electron chi connectivity index (χ4n) is 4.46. The lowest BCUT2D eigenvalue weighted by molar-refractivity contribution is -0.141. The van der Waals surface area contributed by atoms with Crippen molar-refractivity contribution in [1.29, 1.82) is 0 Å². The molecule has 220 valence electrons. The van der Waals surface area contributed by atoms with Crippen LogP contribution in [0, 0.1) is 0 Å². The van der Waals surface area contributed by atoms with Crippen molar-refractivity contribution in [3.63, 3.8) is 0 Å². The minimum Gasteiger partial charge on any atom is -0.454 e. The molecule has 1 fully saturated rings. The largest absolute Gasteiger partial charge is 0.454 e. The molecule has 3 heterocycles. The molecular weight excluding hydrogens is 545 g/mol. The Hall–Kier alpha value is -1.92. The number of methoxy groups -OCH3 is 1. The predicted octanol–water partition coefficient (Wildman–Crippen LogP) is 5.35. The number of rotatable bonds is 19. The van der Waals surface area contributed by atoms with Crippen LogP contribution in [0.3, 0.4) is 0 Å². The van der Waals surface area contributed by atoms with E-state index in [-0.39, 0.29) is 42.4 Å². The van der Waals surface area contributed by atoms with E-state index in [1.807, 2.05) is 0 Å². The van der Waals surface area contributed by atoms with Crippen molar-refractivity contribution >= 4 is 41.0 Å². The Kier molecular flexibility index (Phi) is 13.3. The van der Waals surface area contributed by atoms with Crippen LogP contribution in [0.4, 0.5) is 5.95 Å². The summed E-state index contributed by atoms with van der Waals surface area (Å²) in [5.74, 6) is -0.358. The maximum Gasteiger partial charge on any atom is 0.306 e. The number of nitrogens with two attached hydrogens (primary N) is 1. The summed E-state index contributed by atoms with van der Waals surface area (Å²) in [4.78, 5) is 34.8. The highest BCUT2D eigenvalue weighted by Crippen LogP contribution is 2.59. The number of nitrogen functional groups attached to an aromatic ring is 1. The second-order valence-electron chi connectivity index (χ2n) is 9.73. The van der Waals surface area contributed by atoms with Gasteiger partial charge in [-0.2, -0.15) is 4.98 Å². The number of carbonyl (C=O) groups excluding carboxylic acids is 1. The molecule has 2 aromatic rings. The number of imidazole rings is 1. The van der Waals surface area contributed by atoms with E-state index >= 15 is 0 Å². The number of nitrogens with zero attached hydrogens (tertiary/aromatic N) is 3. The minimum absolute atomic E-state index is 0.00136. The van der Waals surface area contributed by atoms with Crippen molar-refractivity contribution in [1.82, 2.24) is 19.5 Å². The molecule has 0 aromatic carbocycles. The van der Waals surface area contributed by atoms with Gasteiger partial charge in [0.25, 0.3) is 12.1 Å². The van der Waals surface area contributed by atoms with E-state index in [1.165, 1.54) is 52.0 Å². The van der Waals surface area contributed by atoms with Gasteiger partial charge in [-0.05, 0) is 30.6 Å². The molecule has 1 saturated heterocycles. The Bertz CT molecular complexity index is 1140. The van der Waals surface area contributed by atoms with Crippen molar-refractivity contribution in [2.75, 3.05) is 31.7 Å². The van der Waals surface area contributed by atoms with Crippen molar-refractivity contribution in [2.24, 2.45) is 0 Å². The molecule has 14 heteroatoms. The molecule has 0 amide bonds. The van der Waals surface area contributed by atoms with Crippen LogP contribution in [0.2, 0.25) is 0 Å². The Morgan fingerprint density at radius 2 is 1.92 bits per heavy atom. The number of hydrogen-bond acceptors (Lipinski definition) is 11. The lowest BCUT2D eigenvalue weighted by Crippen LogP contribution is -2.17. The Morgan fingerprint density at radius 3 is 2.64 bits per heavy atom. The van der Waals surface area contributed by atoms with Crippen molar-refractivity contribution in [3.8, 4) is 0 Å². The number of hydrogen-bond donors (Lipinski definition) is 2. The van der Waals surface area contributed by atoms with E-state index < -0.39 is 18.4 Å². The Labute approximate surface area is 233 Å². The zero-order valence-corrected chi connectivity index (χ0v) is 24.7. The van der Waals surface area contributed by atoms with Gasteiger partial charge < -0.3 is 24.5 Å². The quantitative estimate of drug-likeness (QED) is 0.0943. The summed E-state index contributed by atoms with van der Waals surface area (Å²) >= 11 is 0.953. The normalized spacial score (nSPS) is 18.9. The predicted molar refractivity (Wildman–Crippen MR) is 152 cm³/mol. The van der Waals surface area contributed by atoms with Gasteiger partial charge in [-0.15, -0.1) is 0 Å². The Morgan fingerprint density at radius 1 is 1.21 bits per heavy atom. The third kappa shape index (κ3) is 10.2. The van der Waals surface area contributed by atoms with Gasteiger partial charge in [0, 0.05) is 13.5 Å². The van der Waals surface area contributed by atoms with Crippen LogP contribution in [0.15, 0.2) is 11.1 Å². The third-order valence-electron chi connectivity index (χ3n) is 6.54. The average molecular weight is 588 g/mol. The molecule has 1 aliphatic heterocycles. The SMILES string of the molecule is CCCCCCCCCCCC(=O)OCSP(=O)(COC)OCC1CC[C@H](n2cnc3c(=O)[nH]c(N)nc32)O1. The van der Waals surface area contributed by atoms with Gasteiger partial charge in [-0.25, -0.2) is 4.98 Å². The molecular formula is C25H42N5O7PS. The molecule has 3 rings (SSSR count). The number of anilines is 1. The second kappa shape index (κ2) is 16.4. The number of esters is 1. The van der Waals surface area contributed by atoms with Crippen LogP contribution in [0.1, 0.15) is 90.2 Å². The molecule has 1 aliphatic rings. The molecule has 0 bridgehead atoms. The van der Waals surface area contributed by atoms with Crippen LogP contribution in [0.5, 0.6) is 0 Å². The molecule has 2 unspecified atom stereocenters. The van der Waals surface area contributed by atoms with E-state index in [1.54, 1.807) is 4.57 Å². The topological polar surface area (TPSA) is 161 Å². The fraction of sp³-hybridized carbons (Fsp3) is 0.760. The first-order valence-corrected chi connectivity index (χ1v) is 17.2. The highest BCUT2D eigenvalue weighted by atomic mass is 32.7. The summed E-state index contributed by atoms with van der Waals surface area (Å²) in [5, 5.41) is 0. The smallest absolute Gasteiger partial charge is 0.306 e. The monoisotopic (exact) mass is 587 g/mol. The standard InChI is InChI=1S/C25H42N5O7PS/c1-3-4-5-6-7-8-9-10-11-12-21(31)35-18-39-38(33,17-34-2)36-15-19-13-14-20(37-19)30-16-27-22-23(30)28-25(26)29-24(22)32/h16,19-20H,3-15,17-18H2,1-2H3,(H3,26,28,29,32)/t19?,20-,38?/m1/s1. The molecule has 0 spiro atoms. The number of nitrogens with one attached hydrogen (secondary N) is 1. The highest BCUT2D eigenvalue weighted by molar-refractivity contribution is 8.56. The van der Waals surface area contributed by atoms with Gasteiger partial charge >= 0.3 is 5.97 Å². The molecule has 0 aliphatic carbocycles. The van der Waals surface area contributed by atoms with E-state index in [4.69, 9.17) is 24.5 Å². The van der Waals surface area contributed by atoms with Crippen LogP contribution < -0.4 is 11.3 Å². The number of aromatic amines is 1. The summed E-state index contributed by atoms with van der Waals surface area (Å²) in [7, 11) is 1.44. The lowest BCUT2D eigenvalue weighted by atomic mass is 10.1. The van der Waals surface area contributed by atoms with Crippen molar-refractivity contribution in [2.45, 2.75) is 96.3 Å². The lowest BCUT2D eigenvalue weighted by Gasteiger charge is -2.20. The highest BCUT2D eigenvalue weighted by Gasteiger charge is 2.32. The number of fused-ring (bicyclic) bond motifs is 1. The van der Waals surface area contributed by atoms with E-state index in [0.29, 0.717) is 24.9 Å². The first-order valence-electron chi connectivity index (χ1n) is 13.8. The average Bonchev–Trinajstić information content (AvgIpc) is 3.54. The number of aromatic nitrogens is 4. The van der Waals surface area contributed by atoms with Gasteiger partial charge in [-0.3, -0.25) is 23.7 Å². The van der Waals surface area contributed by atoms with Gasteiger partial charge in [0.05, 0.1) is 19.0 Å². The molecule has 39 heavy (non-hydrogen) atoms. The molecule has 12 nitrogen and oxygen atoms in total. The van der Waals surface area contributed by atoms with Crippen LogP contribution in [-0.2, 0) is 28.1 Å². The fourth-order valence-corrected chi connectivity index (χ4v) is 7.32. The summed E-state index contributed by atoms with van der Waals surface area (Å²) < 4.78 is 37.1. The minimum atomic E-state index is -3.27. The first-order chi connectivity index (χ1) is 18.8. The van der Waals surface area contributed by atoms with E-state index in [9.17, 15) is 14.2 Å². The summed E-state index contributed by atoms with van der Waals surface area (Å²) in [6, 6.07) is 0. The molecule has 0 saturated carbocycles. The molecule has 2 aromatic heterocycles. The molecule has 3 N–H and O–H groups in total. The number of unbranched alkanes of at least 4 members (excludes halogenated alkanes) is 8. The second-order valence-corrected chi connectivity index (χ2v) is 14.4. The zero-order valence-electron chi connectivity index (χ0n) is 23.0. The van der Waals surface area contributed by atoms with Gasteiger partial charge in [0.2, 0.25) is 5.95 Å². The Balaban J connectivity index is 1.35. The summed E-state index contributed by atoms with van der Waals surface area (Å²) in [6.07, 6.45) is 12.9. The van der Waals surface area contributed by atoms with Gasteiger partial charge in [0.15, 0.2) is 11.2 Å². The molecule has 0 radical (unpaired) electrons. The van der Waals surface area contributed by atoms with E-state index in [2.05, 4.69) is 21.9 Å². The van der Waals surface area contributed by atoms with E-state index in [0.717, 1.165) is 30.6 Å². The van der Waals surface area contributed by atoms with Crippen molar-refractivity contribution < 1.29 is 28.1 Å². The number of ether oxygens (including phenoxy) is 3. The van der Waals surface area contributed by atoms with Crippen LogP contribution in [0.25, 0.3) is 11.2 Å². The third-order valence-corrected chi connectivity index (χ3v) is 10.4. The number of carbonyl (C=O) groups is 1. The molecule has 3 atom stereocenters. The van der Waals surface area contributed by atoms with Gasteiger partial charge in [0.1, 0.15) is 18.5 Å². The van der Waals surface area contributed by atoms with Crippen molar-refractivity contribution in [3.05, 3.63) is 16.7 Å². The first kappa shape index (κ1) is 31.6. The van der Waals surface area contributed by atoms with Crippen LogP contribution >= 0.6 is 18.0 Å². The summed E-state index contributed by atoms with van der Waals surface area (Å²) in [5.41, 5.74) is 5.78. The summed E-state index contributed by atoms with van der Waals surface area (Å²) in [6.45, 7) is -0.970. The maximum absolute atomic E-state index is 13.2.